The number of hydrogen-bond donors (Lipinski definition) is 1. The molecule has 0 saturated carbocycles. The van der Waals surface area contributed by atoms with Crippen LogP contribution in [0.5, 0.6) is 0 Å². The number of rotatable bonds is 6. The number of nitrogens with zero attached hydrogens (tertiary/aromatic N) is 5. The van der Waals surface area contributed by atoms with Crippen molar-refractivity contribution in [2.45, 2.75) is 31.6 Å². The number of piperazine rings is 1. The van der Waals surface area contributed by atoms with Crippen LogP contribution < -0.4 is 15.1 Å². The van der Waals surface area contributed by atoms with E-state index in [0.717, 1.165) is 23.1 Å². The summed E-state index contributed by atoms with van der Waals surface area (Å²) in [6.07, 6.45) is 0.371. The van der Waals surface area contributed by atoms with Crippen LogP contribution in [-0.2, 0) is 19.6 Å². The van der Waals surface area contributed by atoms with Gasteiger partial charge in [-0.05, 0) is 38.1 Å². The lowest BCUT2D eigenvalue weighted by Crippen LogP contribution is -2.49. The van der Waals surface area contributed by atoms with Crippen molar-refractivity contribution in [2.24, 2.45) is 0 Å². The fraction of sp³-hybridized carbons (Fsp3) is 0.429. The fourth-order valence-electron chi connectivity index (χ4n) is 3.92. The predicted octanol–water partition coefficient (Wildman–Crippen LogP) is 1.38. The molecule has 170 valence electrons. The zero-order valence-electron chi connectivity index (χ0n) is 18.1. The van der Waals surface area contributed by atoms with Gasteiger partial charge in [0.1, 0.15) is 17.5 Å². The third kappa shape index (κ3) is 4.30. The first-order valence-corrected chi connectivity index (χ1v) is 12.0. The van der Waals surface area contributed by atoms with Crippen molar-refractivity contribution < 1.29 is 18.0 Å². The second kappa shape index (κ2) is 8.83. The van der Waals surface area contributed by atoms with Crippen molar-refractivity contribution in [1.82, 2.24) is 14.3 Å². The molecule has 2 aliphatic rings. The maximum absolute atomic E-state index is 13.1. The summed E-state index contributed by atoms with van der Waals surface area (Å²) < 4.78 is 27.7. The maximum Gasteiger partial charge on any atom is 0.243 e. The van der Waals surface area contributed by atoms with Gasteiger partial charge in [0.15, 0.2) is 0 Å². The van der Waals surface area contributed by atoms with Gasteiger partial charge in [0.2, 0.25) is 21.8 Å². The van der Waals surface area contributed by atoms with Gasteiger partial charge in [-0.15, -0.1) is 0 Å². The first-order chi connectivity index (χ1) is 15.3. The average molecular weight is 459 g/mol. The lowest BCUT2D eigenvalue weighted by atomic mass is 10.3. The third-order valence-corrected chi connectivity index (χ3v) is 7.44. The Balaban J connectivity index is 1.45. The fourth-order valence-corrected chi connectivity index (χ4v) is 5.35. The van der Waals surface area contributed by atoms with Gasteiger partial charge in [-0.1, -0.05) is 0 Å². The van der Waals surface area contributed by atoms with Crippen molar-refractivity contribution in [3.63, 3.8) is 0 Å². The van der Waals surface area contributed by atoms with E-state index < -0.39 is 10.0 Å². The molecule has 0 spiro atoms. The quantitative estimate of drug-likeness (QED) is 0.646. The summed E-state index contributed by atoms with van der Waals surface area (Å²) in [5.41, 5.74) is 0.400. The Bertz CT molecular complexity index is 1110. The van der Waals surface area contributed by atoms with Gasteiger partial charge >= 0.3 is 0 Å². The zero-order chi connectivity index (χ0) is 22.9. The van der Waals surface area contributed by atoms with Gasteiger partial charge in [-0.3, -0.25) is 14.5 Å². The summed E-state index contributed by atoms with van der Waals surface area (Å²) in [4.78, 5) is 36.0. The maximum atomic E-state index is 13.1. The zero-order valence-corrected chi connectivity index (χ0v) is 18.9. The number of carbonyl (C=O) groups is 2. The highest BCUT2D eigenvalue weighted by Crippen LogP contribution is 2.26. The molecule has 0 bridgehead atoms. The molecule has 0 unspecified atom stereocenters. The van der Waals surface area contributed by atoms with Crippen LogP contribution in [0.15, 0.2) is 35.2 Å². The molecular formula is C21H26N6O4S. The van der Waals surface area contributed by atoms with Gasteiger partial charge in [-0.25, -0.2) is 18.4 Å². The standard InChI is InChI=1S/C21H26N6O4S/c1-3-22-18-14-19(24-15(2)23-18)25-10-12-26(13-11-25)32(30,31)17-6-4-16(5-7-17)27-20(28)8-9-21(27)29/h4-7,14H,3,8-13H2,1-2H3,(H,22,23,24). The Morgan fingerprint density at radius 1 is 0.969 bits per heavy atom. The van der Waals surface area contributed by atoms with Gasteiger partial charge in [0, 0.05) is 51.6 Å². The molecular weight excluding hydrogens is 432 g/mol. The van der Waals surface area contributed by atoms with E-state index in [0.29, 0.717) is 37.7 Å². The molecule has 11 heteroatoms. The number of benzene rings is 1. The number of amides is 2. The van der Waals surface area contributed by atoms with Crippen LogP contribution in [0.1, 0.15) is 25.6 Å². The Morgan fingerprint density at radius 3 is 2.19 bits per heavy atom. The lowest BCUT2D eigenvalue weighted by Gasteiger charge is -2.34. The molecule has 4 rings (SSSR count). The average Bonchev–Trinajstić information content (AvgIpc) is 3.11. The summed E-state index contributed by atoms with van der Waals surface area (Å²) in [6.45, 7) is 6.25. The number of imide groups is 1. The molecule has 10 nitrogen and oxygen atoms in total. The van der Waals surface area contributed by atoms with Crippen LogP contribution in [0, 0.1) is 6.92 Å². The number of carbonyl (C=O) groups excluding carboxylic acids is 2. The Morgan fingerprint density at radius 2 is 1.59 bits per heavy atom. The van der Waals surface area contributed by atoms with E-state index in [1.165, 1.54) is 28.6 Å². The monoisotopic (exact) mass is 458 g/mol. The molecule has 2 amide bonds. The molecule has 2 aliphatic heterocycles. The van der Waals surface area contributed by atoms with Crippen molar-refractivity contribution >= 4 is 39.2 Å². The van der Waals surface area contributed by atoms with E-state index in [4.69, 9.17) is 0 Å². The summed E-state index contributed by atoms with van der Waals surface area (Å²) in [6, 6.07) is 7.80. The SMILES string of the molecule is CCNc1cc(N2CCN(S(=O)(=O)c3ccc(N4C(=O)CCC4=O)cc3)CC2)nc(C)n1. The van der Waals surface area contributed by atoms with E-state index in [1.54, 1.807) is 0 Å². The minimum atomic E-state index is -3.69. The first kappa shape index (κ1) is 22.2. The molecule has 1 aromatic carbocycles. The largest absolute Gasteiger partial charge is 0.370 e. The molecule has 0 aliphatic carbocycles. The molecule has 32 heavy (non-hydrogen) atoms. The molecule has 0 radical (unpaired) electrons. The van der Waals surface area contributed by atoms with E-state index in [1.807, 2.05) is 19.9 Å². The molecule has 0 atom stereocenters. The number of aryl methyl sites for hydroxylation is 1. The highest BCUT2D eigenvalue weighted by Gasteiger charge is 2.32. The second-order valence-electron chi connectivity index (χ2n) is 7.70. The van der Waals surface area contributed by atoms with Crippen molar-refractivity contribution in [1.29, 1.82) is 0 Å². The Kier molecular flexibility index (Phi) is 6.11. The Labute approximate surface area is 187 Å². The molecule has 3 heterocycles. The number of sulfonamides is 1. The van der Waals surface area contributed by atoms with Crippen LogP contribution in [0.25, 0.3) is 0 Å². The molecule has 1 aromatic heterocycles. The van der Waals surface area contributed by atoms with E-state index in [2.05, 4.69) is 20.2 Å². The summed E-state index contributed by atoms with van der Waals surface area (Å²) >= 11 is 0. The molecule has 2 fully saturated rings. The third-order valence-electron chi connectivity index (χ3n) is 5.53. The van der Waals surface area contributed by atoms with E-state index >= 15 is 0 Å². The second-order valence-corrected chi connectivity index (χ2v) is 9.63. The first-order valence-electron chi connectivity index (χ1n) is 10.6. The minimum absolute atomic E-state index is 0.140. The topological polar surface area (TPSA) is 116 Å². The highest BCUT2D eigenvalue weighted by atomic mass is 32.2. The molecule has 2 saturated heterocycles. The van der Waals surface area contributed by atoms with Crippen LogP contribution in [0.4, 0.5) is 17.3 Å². The number of anilines is 3. The molecule has 2 aromatic rings. The van der Waals surface area contributed by atoms with E-state index in [9.17, 15) is 18.0 Å². The van der Waals surface area contributed by atoms with Gasteiger partial charge in [-0.2, -0.15) is 4.31 Å². The van der Waals surface area contributed by atoms with Gasteiger partial charge in [0.05, 0.1) is 10.6 Å². The van der Waals surface area contributed by atoms with Crippen molar-refractivity contribution in [3.05, 3.63) is 36.2 Å². The predicted molar refractivity (Wildman–Crippen MR) is 120 cm³/mol. The number of nitrogens with one attached hydrogen (secondary N) is 1. The van der Waals surface area contributed by atoms with Crippen LogP contribution >= 0.6 is 0 Å². The smallest absolute Gasteiger partial charge is 0.243 e. The van der Waals surface area contributed by atoms with Crippen LogP contribution in [0.3, 0.4) is 0 Å². The minimum Gasteiger partial charge on any atom is -0.370 e. The van der Waals surface area contributed by atoms with Gasteiger partial charge < -0.3 is 10.2 Å². The van der Waals surface area contributed by atoms with E-state index in [-0.39, 0.29) is 29.6 Å². The lowest BCUT2D eigenvalue weighted by molar-refractivity contribution is -0.121. The van der Waals surface area contributed by atoms with Crippen LogP contribution in [-0.4, -0.2) is 67.2 Å². The highest BCUT2D eigenvalue weighted by molar-refractivity contribution is 7.89. The van der Waals surface area contributed by atoms with Crippen molar-refractivity contribution in [2.75, 3.05) is 47.8 Å². The van der Waals surface area contributed by atoms with Crippen molar-refractivity contribution in [3.8, 4) is 0 Å². The summed E-state index contributed by atoms with van der Waals surface area (Å²) in [5.74, 6) is 1.65. The Hall–Kier alpha value is -3.05. The number of aromatic nitrogens is 2. The van der Waals surface area contributed by atoms with Gasteiger partial charge in [0.25, 0.3) is 0 Å². The summed E-state index contributed by atoms with van der Waals surface area (Å²) in [7, 11) is -3.69. The van der Waals surface area contributed by atoms with Crippen LogP contribution in [0.2, 0.25) is 0 Å². The number of hydrogen-bond acceptors (Lipinski definition) is 8. The molecule has 1 N–H and O–H groups in total. The summed E-state index contributed by atoms with van der Waals surface area (Å²) in [5, 5.41) is 3.18. The normalized spacial score (nSPS) is 17.8.